The topological polar surface area (TPSA) is 104 Å². The average molecular weight is 380 g/mol. The van der Waals surface area contributed by atoms with E-state index in [0.29, 0.717) is 19.6 Å². The van der Waals surface area contributed by atoms with Crippen molar-refractivity contribution in [3.05, 3.63) is 30.1 Å². The number of amides is 1. The van der Waals surface area contributed by atoms with Crippen molar-refractivity contribution >= 4 is 27.0 Å². The average Bonchev–Trinajstić information content (AvgIpc) is 3.19. The number of carbonyl (C=O) groups excluding carboxylic acids is 1. The summed E-state index contributed by atoms with van der Waals surface area (Å²) >= 11 is 0. The zero-order valence-corrected chi connectivity index (χ0v) is 15.8. The van der Waals surface area contributed by atoms with Gasteiger partial charge in [-0.1, -0.05) is 12.1 Å². The molecule has 1 fully saturated rings. The number of rotatable bonds is 7. The van der Waals surface area contributed by atoms with Gasteiger partial charge in [-0.25, -0.2) is 17.7 Å². The van der Waals surface area contributed by atoms with Crippen LogP contribution in [0, 0.1) is 5.92 Å². The number of sulfonamides is 1. The molecule has 1 aromatic heterocycles. The van der Waals surface area contributed by atoms with E-state index in [1.807, 2.05) is 24.3 Å². The van der Waals surface area contributed by atoms with E-state index in [1.54, 1.807) is 0 Å². The normalized spacial score (nSPS) is 20.7. The number of hydrogen-bond donors (Lipinski definition) is 2. The van der Waals surface area contributed by atoms with Gasteiger partial charge in [-0.2, -0.15) is 0 Å². The van der Waals surface area contributed by atoms with Crippen molar-refractivity contribution in [1.82, 2.24) is 19.6 Å². The van der Waals surface area contributed by atoms with Gasteiger partial charge in [-0.15, -0.1) is 0 Å². The summed E-state index contributed by atoms with van der Waals surface area (Å²) in [5.41, 5.74) is 1.82. The fourth-order valence-corrected chi connectivity index (χ4v) is 4.14. The number of aromatic nitrogens is 2. The fraction of sp³-hybridized carbons (Fsp3) is 0.529. The number of ether oxygens (including phenoxy) is 1. The van der Waals surface area contributed by atoms with Gasteiger partial charge in [-0.3, -0.25) is 4.79 Å². The smallest absolute Gasteiger partial charge is 0.220 e. The van der Waals surface area contributed by atoms with Gasteiger partial charge < -0.3 is 15.0 Å². The summed E-state index contributed by atoms with van der Waals surface area (Å²) in [7, 11) is -0.321. The lowest BCUT2D eigenvalue weighted by molar-refractivity contribution is -0.122. The molecule has 1 aromatic carbocycles. The summed E-state index contributed by atoms with van der Waals surface area (Å²) in [4.78, 5) is 19.9. The van der Waals surface area contributed by atoms with E-state index in [1.165, 1.54) is 18.4 Å². The number of benzene rings is 1. The Bertz CT molecular complexity index is 845. The molecule has 0 unspecified atom stereocenters. The number of para-hydroxylation sites is 2. The third-order valence-corrected chi connectivity index (χ3v) is 6.52. The Morgan fingerprint density at radius 1 is 1.35 bits per heavy atom. The third kappa shape index (κ3) is 4.40. The van der Waals surface area contributed by atoms with Crippen LogP contribution in [0.5, 0.6) is 0 Å². The van der Waals surface area contributed by atoms with Crippen molar-refractivity contribution < 1.29 is 17.9 Å². The molecule has 2 aromatic rings. The molecule has 8 nitrogen and oxygen atoms in total. The van der Waals surface area contributed by atoms with Crippen LogP contribution in [0.25, 0.3) is 11.0 Å². The minimum atomic E-state index is -3.33. The summed E-state index contributed by atoms with van der Waals surface area (Å²) in [5, 5.41) is 2.91. The standard InChI is InChI=1S/C17H24N4O4S/c1-21(2)26(23,24)11-12-9-25-10-15(12)20-17(22)8-7-16-18-13-5-3-4-6-14(13)19-16/h3-6,12,15H,7-11H2,1-2H3,(H,18,19)(H,20,22)/t12-,15+/m0/s1. The lowest BCUT2D eigenvalue weighted by Crippen LogP contribution is -2.43. The Morgan fingerprint density at radius 2 is 2.12 bits per heavy atom. The first kappa shape index (κ1) is 18.8. The molecule has 1 saturated heterocycles. The van der Waals surface area contributed by atoms with Gasteiger partial charge in [0.2, 0.25) is 15.9 Å². The summed E-state index contributed by atoms with van der Waals surface area (Å²) < 4.78 is 30.7. The fourth-order valence-electron chi connectivity index (χ4n) is 2.98. The highest BCUT2D eigenvalue weighted by molar-refractivity contribution is 7.89. The molecule has 1 amide bonds. The van der Waals surface area contributed by atoms with Crippen LogP contribution in [0.1, 0.15) is 12.2 Å². The van der Waals surface area contributed by atoms with Crippen LogP contribution in [0.2, 0.25) is 0 Å². The molecular weight excluding hydrogens is 356 g/mol. The Hall–Kier alpha value is -1.97. The molecule has 2 atom stereocenters. The molecule has 0 aliphatic carbocycles. The zero-order chi connectivity index (χ0) is 18.7. The van der Waals surface area contributed by atoms with Gasteiger partial charge >= 0.3 is 0 Å². The number of aromatic amines is 1. The van der Waals surface area contributed by atoms with Gasteiger partial charge in [0, 0.05) is 32.9 Å². The molecular formula is C17H24N4O4S. The van der Waals surface area contributed by atoms with E-state index in [9.17, 15) is 13.2 Å². The first-order valence-electron chi connectivity index (χ1n) is 8.56. The predicted octanol–water partition coefficient (Wildman–Crippen LogP) is 0.518. The van der Waals surface area contributed by atoms with Gasteiger partial charge in [0.05, 0.1) is 36.0 Å². The van der Waals surface area contributed by atoms with Crippen LogP contribution >= 0.6 is 0 Å². The summed E-state index contributed by atoms with van der Waals surface area (Å²) in [6.07, 6.45) is 0.776. The first-order chi connectivity index (χ1) is 12.3. The first-order valence-corrected chi connectivity index (χ1v) is 10.2. The number of carbonyl (C=O) groups is 1. The van der Waals surface area contributed by atoms with Crippen LogP contribution in [-0.2, 0) is 26.0 Å². The van der Waals surface area contributed by atoms with E-state index in [0.717, 1.165) is 16.9 Å². The number of H-pyrrole nitrogens is 1. The zero-order valence-electron chi connectivity index (χ0n) is 14.9. The monoisotopic (exact) mass is 380 g/mol. The largest absolute Gasteiger partial charge is 0.379 e. The van der Waals surface area contributed by atoms with Crippen LogP contribution in [0.3, 0.4) is 0 Å². The van der Waals surface area contributed by atoms with Gasteiger partial charge in [0.25, 0.3) is 0 Å². The lowest BCUT2D eigenvalue weighted by atomic mass is 10.1. The second-order valence-electron chi connectivity index (χ2n) is 6.73. The minimum absolute atomic E-state index is 0.0332. The predicted molar refractivity (Wildman–Crippen MR) is 98.1 cm³/mol. The van der Waals surface area contributed by atoms with Crippen molar-refractivity contribution in [3.8, 4) is 0 Å². The maximum atomic E-state index is 12.3. The quantitative estimate of drug-likeness (QED) is 0.729. The molecule has 1 aliphatic heterocycles. The number of nitrogens with zero attached hydrogens (tertiary/aromatic N) is 2. The molecule has 2 N–H and O–H groups in total. The molecule has 9 heteroatoms. The van der Waals surface area contributed by atoms with Gasteiger partial charge in [-0.05, 0) is 12.1 Å². The number of fused-ring (bicyclic) bond motifs is 1. The highest BCUT2D eigenvalue weighted by atomic mass is 32.2. The van der Waals surface area contributed by atoms with E-state index >= 15 is 0 Å². The highest BCUT2D eigenvalue weighted by Gasteiger charge is 2.34. The number of aryl methyl sites for hydroxylation is 1. The van der Waals surface area contributed by atoms with E-state index in [4.69, 9.17) is 4.74 Å². The van der Waals surface area contributed by atoms with Crippen molar-refractivity contribution in [2.75, 3.05) is 33.1 Å². The lowest BCUT2D eigenvalue weighted by Gasteiger charge is -2.21. The Morgan fingerprint density at radius 3 is 2.85 bits per heavy atom. The summed E-state index contributed by atoms with van der Waals surface area (Å²) in [6.45, 7) is 0.672. The maximum Gasteiger partial charge on any atom is 0.220 e. The van der Waals surface area contributed by atoms with Gasteiger partial charge in [0.1, 0.15) is 5.82 Å². The van der Waals surface area contributed by atoms with Crippen molar-refractivity contribution in [1.29, 1.82) is 0 Å². The third-order valence-electron chi connectivity index (χ3n) is 4.55. The molecule has 142 valence electrons. The number of nitrogens with one attached hydrogen (secondary N) is 2. The van der Waals surface area contributed by atoms with Crippen molar-refractivity contribution in [2.45, 2.75) is 18.9 Å². The molecule has 0 bridgehead atoms. The molecule has 0 radical (unpaired) electrons. The van der Waals surface area contributed by atoms with Crippen LogP contribution in [0.15, 0.2) is 24.3 Å². The Labute approximate surface area is 153 Å². The SMILES string of the molecule is CN(C)S(=O)(=O)C[C@@H]1COC[C@H]1NC(=O)CCc1nc2ccccc2[nH]1. The second kappa shape index (κ2) is 7.73. The minimum Gasteiger partial charge on any atom is -0.379 e. The van der Waals surface area contributed by atoms with Crippen LogP contribution in [-0.4, -0.2) is 67.7 Å². The number of imidazole rings is 1. The molecule has 26 heavy (non-hydrogen) atoms. The van der Waals surface area contributed by atoms with Crippen molar-refractivity contribution in [2.24, 2.45) is 5.92 Å². The van der Waals surface area contributed by atoms with Crippen LogP contribution < -0.4 is 5.32 Å². The van der Waals surface area contributed by atoms with Crippen LogP contribution in [0.4, 0.5) is 0 Å². The molecule has 3 rings (SSSR count). The van der Waals surface area contributed by atoms with E-state index in [-0.39, 0.29) is 30.0 Å². The van der Waals surface area contributed by atoms with Crippen molar-refractivity contribution in [3.63, 3.8) is 0 Å². The number of hydrogen-bond acceptors (Lipinski definition) is 5. The summed E-state index contributed by atoms with van der Waals surface area (Å²) in [5.74, 6) is 0.357. The molecule has 1 aliphatic rings. The van der Waals surface area contributed by atoms with E-state index < -0.39 is 10.0 Å². The van der Waals surface area contributed by atoms with E-state index in [2.05, 4.69) is 15.3 Å². The Kier molecular flexibility index (Phi) is 5.59. The molecule has 0 spiro atoms. The van der Waals surface area contributed by atoms with Gasteiger partial charge in [0.15, 0.2) is 0 Å². The maximum absolute atomic E-state index is 12.3. The highest BCUT2D eigenvalue weighted by Crippen LogP contribution is 2.18. The molecule has 2 heterocycles. The second-order valence-corrected chi connectivity index (χ2v) is 8.96. The molecule has 0 saturated carbocycles. The Balaban J connectivity index is 1.53. The summed E-state index contributed by atoms with van der Waals surface area (Å²) in [6, 6.07) is 7.42.